The van der Waals surface area contributed by atoms with E-state index in [1.54, 1.807) is 18.2 Å². The summed E-state index contributed by atoms with van der Waals surface area (Å²) in [4.78, 5) is 33.3. The van der Waals surface area contributed by atoms with E-state index in [2.05, 4.69) is 17.2 Å². The van der Waals surface area contributed by atoms with Gasteiger partial charge >= 0.3 is 0 Å². The first kappa shape index (κ1) is 12.4. The molecule has 1 aromatic rings. The fraction of sp³-hybridized carbons (Fsp3) is 0.154. The topological polar surface area (TPSA) is 63.2 Å². The Morgan fingerprint density at radius 1 is 1.39 bits per heavy atom. The summed E-state index contributed by atoms with van der Waals surface area (Å²) in [5, 5.41) is 2.49. The molecule has 1 aromatic carbocycles. The quantitative estimate of drug-likeness (QED) is 0.612. The average Bonchev–Trinajstić information content (AvgIpc) is 2.61. The van der Waals surface area contributed by atoms with Crippen LogP contribution in [0.25, 0.3) is 0 Å². The maximum absolute atomic E-state index is 11.5. The Kier molecular flexibility index (Phi) is 3.49. The van der Waals surface area contributed by atoms with Crippen LogP contribution >= 0.6 is 11.8 Å². The van der Waals surface area contributed by atoms with Crippen molar-refractivity contribution in [2.24, 2.45) is 0 Å². The molecule has 1 amide bonds. The molecule has 0 aliphatic carbocycles. The maximum atomic E-state index is 11.5. The predicted octanol–water partition coefficient (Wildman–Crippen LogP) is 1.45. The highest BCUT2D eigenvalue weighted by atomic mass is 32.2. The third kappa shape index (κ3) is 2.60. The summed E-state index contributed by atoms with van der Waals surface area (Å²) in [6.07, 6.45) is 0. The van der Waals surface area contributed by atoms with Gasteiger partial charge in [0.05, 0.1) is 17.0 Å². The van der Waals surface area contributed by atoms with E-state index < -0.39 is 11.7 Å². The van der Waals surface area contributed by atoms with Crippen LogP contribution < -0.4 is 5.32 Å². The molecule has 1 aliphatic rings. The fourth-order valence-electron chi connectivity index (χ4n) is 1.50. The molecule has 0 aromatic heterocycles. The minimum absolute atomic E-state index is 0.0169. The minimum Gasteiger partial charge on any atom is -0.318 e. The number of carbonyl (C=O) groups excluding carboxylic acids is 3. The van der Waals surface area contributed by atoms with Crippen LogP contribution in [0.5, 0.6) is 0 Å². The largest absolute Gasteiger partial charge is 0.318 e. The van der Waals surface area contributed by atoms with Gasteiger partial charge in [0.25, 0.3) is 11.7 Å². The molecule has 0 unspecified atom stereocenters. The van der Waals surface area contributed by atoms with Crippen LogP contribution in [0.4, 0.5) is 5.69 Å². The molecule has 0 fully saturated rings. The SMILES string of the molecule is CC(=O)SCC#Cc1ccc2c(c1)C(=O)C(=O)N2. The van der Waals surface area contributed by atoms with E-state index in [9.17, 15) is 14.4 Å². The molecule has 1 N–H and O–H groups in total. The minimum atomic E-state index is -0.609. The lowest BCUT2D eigenvalue weighted by Gasteiger charge is -1.96. The Labute approximate surface area is 108 Å². The lowest BCUT2D eigenvalue weighted by molar-refractivity contribution is -0.112. The highest BCUT2D eigenvalue weighted by molar-refractivity contribution is 8.13. The number of benzene rings is 1. The summed E-state index contributed by atoms with van der Waals surface area (Å²) in [5.41, 5.74) is 1.53. The normalized spacial score (nSPS) is 12.5. The molecular weight excluding hydrogens is 250 g/mol. The lowest BCUT2D eigenvalue weighted by atomic mass is 10.1. The van der Waals surface area contributed by atoms with Crippen molar-refractivity contribution in [2.45, 2.75) is 6.92 Å². The zero-order valence-electron chi connectivity index (χ0n) is 9.57. The van der Waals surface area contributed by atoms with Gasteiger partial charge in [0.1, 0.15) is 0 Å². The predicted molar refractivity (Wildman–Crippen MR) is 69.4 cm³/mol. The number of anilines is 1. The molecule has 0 spiro atoms. The Morgan fingerprint density at radius 3 is 2.89 bits per heavy atom. The summed E-state index contributed by atoms with van der Waals surface area (Å²) in [6, 6.07) is 4.96. The second kappa shape index (κ2) is 5.07. The molecule has 1 heterocycles. The summed E-state index contributed by atoms with van der Waals surface area (Å²) in [7, 11) is 0. The van der Waals surface area contributed by atoms with Crippen molar-refractivity contribution in [3.8, 4) is 11.8 Å². The summed E-state index contributed by atoms with van der Waals surface area (Å²) in [6.45, 7) is 1.48. The van der Waals surface area contributed by atoms with Crippen LogP contribution in [0.15, 0.2) is 18.2 Å². The van der Waals surface area contributed by atoms with Crippen molar-refractivity contribution in [3.05, 3.63) is 29.3 Å². The number of fused-ring (bicyclic) bond motifs is 1. The van der Waals surface area contributed by atoms with Crippen molar-refractivity contribution in [1.82, 2.24) is 0 Å². The van der Waals surface area contributed by atoms with Crippen molar-refractivity contribution >= 4 is 34.3 Å². The number of Topliss-reactive ketones (excluding diaryl/α,β-unsaturated/α-hetero) is 1. The second-order valence-electron chi connectivity index (χ2n) is 3.63. The smallest absolute Gasteiger partial charge is 0.296 e. The first-order valence-corrected chi connectivity index (χ1v) is 6.18. The number of rotatable bonds is 1. The van der Waals surface area contributed by atoms with Gasteiger partial charge < -0.3 is 5.32 Å². The van der Waals surface area contributed by atoms with Crippen molar-refractivity contribution in [1.29, 1.82) is 0 Å². The third-order valence-electron chi connectivity index (χ3n) is 2.30. The van der Waals surface area contributed by atoms with Gasteiger partial charge in [-0.2, -0.15) is 0 Å². The number of thioether (sulfide) groups is 1. The van der Waals surface area contributed by atoms with E-state index >= 15 is 0 Å². The molecule has 0 saturated heterocycles. The molecule has 5 heteroatoms. The maximum Gasteiger partial charge on any atom is 0.296 e. The van der Waals surface area contributed by atoms with Crippen molar-refractivity contribution < 1.29 is 14.4 Å². The average molecular weight is 259 g/mol. The first-order valence-electron chi connectivity index (χ1n) is 5.20. The Hall–Kier alpha value is -2.06. The van der Waals surface area contributed by atoms with E-state index in [0.29, 0.717) is 22.6 Å². The Morgan fingerprint density at radius 2 is 2.17 bits per heavy atom. The molecule has 0 radical (unpaired) electrons. The number of carbonyl (C=O) groups is 3. The van der Waals surface area contributed by atoms with Crippen LogP contribution in [0.1, 0.15) is 22.8 Å². The van der Waals surface area contributed by atoms with Crippen molar-refractivity contribution in [2.75, 3.05) is 11.1 Å². The highest BCUT2D eigenvalue weighted by Crippen LogP contribution is 2.23. The van der Waals surface area contributed by atoms with Gasteiger partial charge in [0, 0.05) is 12.5 Å². The number of amides is 1. The highest BCUT2D eigenvalue weighted by Gasteiger charge is 2.27. The molecule has 0 bridgehead atoms. The van der Waals surface area contributed by atoms with Crippen LogP contribution in [-0.2, 0) is 9.59 Å². The summed E-state index contributed by atoms with van der Waals surface area (Å²) >= 11 is 1.13. The molecule has 4 nitrogen and oxygen atoms in total. The molecule has 90 valence electrons. The summed E-state index contributed by atoms with van der Waals surface area (Å²) < 4.78 is 0. The van der Waals surface area contributed by atoms with Gasteiger partial charge in [0.15, 0.2) is 5.12 Å². The van der Waals surface area contributed by atoms with Gasteiger partial charge in [-0.3, -0.25) is 14.4 Å². The molecule has 1 aliphatic heterocycles. The number of hydrogen-bond donors (Lipinski definition) is 1. The van der Waals surface area contributed by atoms with Crippen LogP contribution in [0.3, 0.4) is 0 Å². The van der Waals surface area contributed by atoms with E-state index in [0.717, 1.165) is 11.8 Å². The number of ketones is 1. The van der Waals surface area contributed by atoms with Gasteiger partial charge in [-0.15, -0.1) is 0 Å². The van der Waals surface area contributed by atoms with Gasteiger partial charge in [0.2, 0.25) is 0 Å². The third-order valence-corrected chi connectivity index (χ3v) is 2.99. The molecule has 2 rings (SSSR count). The van der Waals surface area contributed by atoms with E-state index in [4.69, 9.17) is 0 Å². The second-order valence-corrected chi connectivity index (χ2v) is 4.78. The van der Waals surface area contributed by atoms with Crippen LogP contribution in [0.2, 0.25) is 0 Å². The van der Waals surface area contributed by atoms with Gasteiger partial charge in [-0.25, -0.2) is 0 Å². The number of hydrogen-bond acceptors (Lipinski definition) is 4. The standard InChI is InChI=1S/C13H9NO3S/c1-8(15)18-6-2-3-9-4-5-11-10(7-9)12(16)13(17)14-11/h4-5,7H,6H2,1H3,(H,14,16,17). The van der Waals surface area contributed by atoms with Gasteiger partial charge in [-0.1, -0.05) is 23.6 Å². The van der Waals surface area contributed by atoms with E-state index in [1.165, 1.54) is 6.92 Å². The zero-order valence-corrected chi connectivity index (χ0v) is 10.4. The molecule has 0 atom stereocenters. The van der Waals surface area contributed by atoms with Crippen molar-refractivity contribution in [3.63, 3.8) is 0 Å². The molecular formula is C13H9NO3S. The fourth-order valence-corrected chi connectivity index (χ4v) is 1.84. The van der Waals surface area contributed by atoms with Crippen LogP contribution in [-0.4, -0.2) is 22.6 Å². The van der Waals surface area contributed by atoms with E-state index in [-0.39, 0.29) is 5.12 Å². The van der Waals surface area contributed by atoms with Gasteiger partial charge in [-0.05, 0) is 18.2 Å². The molecule has 18 heavy (non-hydrogen) atoms. The molecule has 0 saturated carbocycles. The monoisotopic (exact) mass is 259 g/mol. The zero-order chi connectivity index (χ0) is 13.1. The Balaban J connectivity index is 2.15. The lowest BCUT2D eigenvalue weighted by Crippen LogP contribution is -2.12. The van der Waals surface area contributed by atoms with E-state index in [1.807, 2.05) is 0 Å². The first-order chi connectivity index (χ1) is 8.58. The number of nitrogens with one attached hydrogen (secondary N) is 1. The summed E-state index contributed by atoms with van der Waals surface area (Å²) in [5.74, 6) is 4.95. The van der Waals surface area contributed by atoms with Crippen LogP contribution in [0, 0.1) is 11.8 Å². The Bertz CT molecular complexity index is 610.